The lowest BCUT2D eigenvalue weighted by Crippen LogP contribution is -1.99. The fraction of sp³-hybridized carbons (Fsp3) is 0.0580. The van der Waals surface area contributed by atoms with Gasteiger partial charge in [-0.2, -0.15) is 0 Å². The molecule has 0 aliphatic heterocycles. The molecule has 348 valence electrons. The highest BCUT2D eigenvalue weighted by Gasteiger charge is 2.20. The van der Waals surface area contributed by atoms with Gasteiger partial charge in [-0.15, -0.1) is 0 Å². The molecule has 0 bridgehead atoms. The van der Waals surface area contributed by atoms with E-state index in [0.29, 0.717) is 0 Å². The fourth-order valence-corrected chi connectivity index (χ4v) is 11.2. The summed E-state index contributed by atoms with van der Waals surface area (Å²) in [6.07, 6.45) is 2.17. The van der Waals surface area contributed by atoms with Gasteiger partial charge in [-0.3, -0.25) is 0 Å². The normalized spacial score (nSPS) is 12.3. The van der Waals surface area contributed by atoms with E-state index in [9.17, 15) is 0 Å². The molecule has 3 aromatic heterocycles. The van der Waals surface area contributed by atoms with Gasteiger partial charge in [-0.1, -0.05) is 157 Å². The molecule has 0 spiro atoms. The van der Waals surface area contributed by atoms with Gasteiger partial charge in [0, 0.05) is 54.9 Å². The second-order valence-corrected chi connectivity index (χ2v) is 19.6. The minimum absolute atomic E-state index is 0.733. The Morgan fingerprint density at radius 2 is 0.808 bits per heavy atom. The molecule has 0 atom stereocenters. The molecule has 0 saturated carbocycles. The van der Waals surface area contributed by atoms with E-state index in [1.807, 2.05) is 24.3 Å². The van der Waals surface area contributed by atoms with Crippen LogP contribution in [-0.2, 0) is 0 Å². The van der Waals surface area contributed by atoms with Crippen LogP contribution in [0.5, 0.6) is 0 Å². The summed E-state index contributed by atoms with van der Waals surface area (Å²) in [6, 6.07) is 81.7. The first-order chi connectivity index (χ1) is 35.8. The average molecular weight is 937 g/mol. The molecule has 0 fully saturated rings. The van der Waals surface area contributed by atoms with Crippen LogP contribution in [0.15, 0.2) is 242 Å². The maximum Gasteiger partial charge on any atom is 0.0712 e. The Labute approximate surface area is 425 Å². The number of para-hydroxylation sites is 2. The number of hydrogen-bond acceptors (Lipinski definition) is 1. The predicted octanol–water partition coefficient (Wildman–Crippen LogP) is 18.1. The lowest BCUT2D eigenvalue weighted by molar-refractivity contribution is 1.15. The summed E-state index contributed by atoms with van der Waals surface area (Å²) in [6.45, 7) is 13.1. The number of aryl methyl sites for hydroxylation is 3. The number of nitrogens with zero attached hydrogens (tertiary/aromatic N) is 4. The van der Waals surface area contributed by atoms with E-state index >= 15 is 0 Å². The van der Waals surface area contributed by atoms with Gasteiger partial charge in [0.1, 0.15) is 0 Å². The first-order valence-electron chi connectivity index (χ1n) is 25.1. The van der Waals surface area contributed by atoms with Gasteiger partial charge in [0.15, 0.2) is 0 Å². The van der Waals surface area contributed by atoms with Crippen molar-refractivity contribution in [3.05, 3.63) is 270 Å². The van der Waals surface area contributed by atoms with Crippen molar-refractivity contribution in [2.45, 2.75) is 27.7 Å². The Kier molecular flexibility index (Phi) is 10.5. The predicted molar refractivity (Wildman–Crippen MR) is 311 cm³/mol. The minimum Gasteiger partial charge on any atom is -0.309 e. The van der Waals surface area contributed by atoms with Crippen LogP contribution in [0.1, 0.15) is 40.3 Å². The van der Waals surface area contributed by atoms with E-state index in [-0.39, 0.29) is 0 Å². The van der Waals surface area contributed by atoms with Gasteiger partial charge in [-0.25, -0.2) is 4.99 Å². The molecule has 0 saturated heterocycles. The van der Waals surface area contributed by atoms with Gasteiger partial charge in [0.05, 0.1) is 44.5 Å². The van der Waals surface area contributed by atoms with Gasteiger partial charge < -0.3 is 13.7 Å². The summed E-state index contributed by atoms with van der Waals surface area (Å²) in [4.78, 5) is 5.05. The molecule has 73 heavy (non-hydrogen) atoms. The van der Waals surface area contributed by atoms with E-state index in [1.54, 1.807) is 0 Å². The molecule has 3 heterocycles. The first-order valence-corrected chi connectivity index (χ1v) is 25.1. The molecular formula is C69H52N4. The third-order valence-electron chi connectivity index (χ3n) is 14.8. The number of benzene rings is 10. The lowest BCUT2D eigenvalue weighted by atomic mass is 9.96. The lowest BCUT2D eigenvalue weighted by Gasteiger charge is -2.14. The Hall–Kier alpha value is -9.25. The number of aromatic nitrogens is 3. The zero-order chi connectivity index (χ0) is 49.3. The molecule has 13 rings (SSSR count). The van der Waals surface area contributed by atoms with Gasteiger partial charge in [0.2, 0.25) is 0 Å². The van der Waals surface area contributed by atoms with Crippen molar-refractivity contribution < 1.29 is 0 Å². The quantitative estimate of drug-likeness (QED) is 0.129. The number of hydrogen-bond donors (Lipinski definition) is 0. The molecule has 0 unspecified atom stereocenters. The summed E-state index contributed by atoms with van der Waals surface area (Å²) < 4.78 is 7.33. The van der Waals surface area contributed by atoms with E-state index in [4.69, 9.17) is 4.99 Å². The highest BCUT2D eigenvalue weighted by molar-refractivity contribution is 6.15. The maximum atomic E-state index is 5.05. The van der Waals surface area contributed by atoms with Crippen LogP contribution < -0.4 is 0 Å². The van der Waals surface area contributed by atoms with Crippen LogP contribution >= 0.6 is 0 Å². The topological polar surface area (TPSA) is 27.1 Å². The van der Waals surface area contributed by atoms with Gasteiger partial charge >= 0.3 is 0 Å². The molecule has 4 heteroatoms. The molecule has 0 radical (unpaired) electrons. The number of aliphatic imine (C=N–C) groups is 1. The number of fused-ring (bicyclic) bond motifs is 9. The highest BCUT2D eigenvalue weighted by Crippen LogP contribution is 2.41. The van der Waals surface area contributed by atoms with Gasteiger partial charge in [-0.05, 0) is 152 Å². The third kappa shape index (κ3) is 7.50. The van der Waals surface area contributed by atoms with Crippen LogP contribution in [0.3, 0.4) is 0 Å². The molecule has 10 aromatic carbocycles. The van der Waals surface area contributed by atoms with Crippen LogP contribution in [0.2, 0.25) is 0 Å². The second-order valence-electron chi connectivity index (χ2n) is 19.6. The van der Waals surface area contributed by atoms with Crippen LogP contribution in [0.25, 0.3) is 105 Å². The van der Waals surface area contributed by atoms with E-state index in [2.05, 4.69) is 254 Å². The summed E-state index contributed by atoms with van der Waals surface area (Å²) >= 11 is 0. The van der Waals surface area contributed by atoms with Crippen LogP contribution in [0, 0.1) is 20.8 Å². The van der Waals surface area contributed by atoms with Crippen molar-refractivity contribution in [3.63, 3.8) is 0 Å². The Bertz CT molecular complexity index is 4290. The summed E-state index contributed by atoms with van der Waals surface area (Å²) in [5, 5.41) is 7.47. The Balaban J connectivity index is 0.924. The Morgan fingerprint density at radius 3 is 1.33 bits per heavy atom. The van der Waals surface area contributed by atoms with Crippen molar-refractivity contribution >= 4 is 82.4 Å². The zero-order valence-electron chi connectivity index (χ0n) is 41.4. The van der Waals surface area contributed by atoms with Crippen molar-refractivity contribution in [3.8, 4) is 28.2 Å². The number of allylic oxidation sites excluding steroid dienone is 2. The summed E-state index contributed by atoms with van der Waals surface area (Å²) in [5.41, 5.74) is 22.6. The highest BCUT2D eigenvalue weighted by atomic mass is 15.0. The van der Waals surface area contributed by atoms with E-state index in [1.165, 1.54) is 82.2 Å². The maximum absolute atomic E-state index is 5.05. The third-order valence-corrected chi connectivity index (χ3v) is 14.8. The van der Waals surface area contributed by atoms with Crippen molar-refractivity contribution in [1.29, 1.82) is 0 Å². The SMILES string of the molecule is C=C(N=C(/C=C(\C)c1ccc(-c2ccc(-n3c4ccc(-n5c6ccccc6c6ccccc65)cc4c4cc(-n5c6ccc(C)cc6c6cc(C)ccc65)ccc43)cc2C)cc1)c1ccccc1)c1ccccc1. The molecule has 0 aliphatic rings. The smallest absolute Gasteiger partial charge is 0.0712 e. The summed E-state index contributed by atoms with van der Waals surface area (Å²) in [7, 11) is 0. The second kappa shape index (κ2) is 17.6. The number of rotatable bonds is 9. The van der Waals surface area contributed by atoms with Crippen molar-refractivity contribution in [2.75, 3.05) is 0 Å². The largest absolute Gasteiger partial charge is 0.309 e. The first kappa shape index (κ1) is 43.7. The molecule has 4 nitrogen and oxygen atoms in total. The molecular weight excluding hydrogens is 885 g/mol. The monoisotopic (exact) mass is 936 g/mol. The molecule has 13 aromatic rings. The van der Waals surface area contributed by atoms with E-state index < -0.39 is 0 Å². The Morgan fingerprint density at radius 1 is 0.384 bits per heavy atom. The van der Waals surface area contributed by atoms with Crippen molar-refractivity contribution in [1.82, 2.24) is 13.7 Å². The average Bonchev–Trinajstić information content (AvgIpc) is 4.06. The molecule has 0 amide bonds. The standard InChI is InChI=1S/C69H52N4/c1-44-24-34-66-59(38-44)60-39-45(2)25-35-67(60)73(66)55-32-37-69-62(43-55)61-42-54(72-64-22-14-12-20-57(64)58-21-13-15-23-65(58)72)31-36-68(61)71(69)53-30-33-56(47(4)40-53)51-28-26-49(27-29-51)46(3)41-63(52-18-10-7-11-19-52)70-48(5)50-16-8-6-9-17-50/h6-43H,5H2,1-4H3/b46-41+,70-63?. The fourth-order valence-electron chi connectivity index (χ4n) is 11.2. The van der Waals surface area contributed by atoms with Crippen LogP contribution in [0.4, 0.5) is 0 Å². The van der Waals surface area contributed by atoms with Gasteiger partial charge in [0.25, 0.3) is 0 Å². The summed E-state index contributed by atoms with van der Waals surface area (Å²) in [5.74, 6) is 0. The van der Waals surface area contributed by atoms with Crippen molar-refractivity contribution in [2.24, 2.45) is 4.99 Å². The zero-order valence-corrected chi connectivity index (χ0v) is 41.4. The molecule has 0 N–H and O–H groups in total. The molecule has 0 aliphatic carbocycles. The minimum atomic E-state index is 0.733. The van der Waals surface area contributed by atoms with E-state index in [0.717, 1.165) is 61.8 Å². The van der Waals surface area contributed by atoms with Crippen LogP contribution in [-0.4, -0.2) is 19.4 Å².